The SMILES string of the molecule is C[C@@H](CCOC(c1ccccc1)(c1ccccc1)c1ccccc1)[C@H]1CCC(=O)[C@@H]2CCC=C[C@H]12. The second-order valence-corrected chi connectivity index (χ2v) is 10.3. The lowest BCUT2D eigenvalue weighted by Crippen LogP contribution is -2.39. The van der Waals surface area contributed by atoms with Crippen molar-refractivity contribution in [1.29, 1.82) is 0 Å². The Kier molecular flexibility index (Phi) is 7.29. The number of carbonyl (C=O) groups excluding carboxylic acids is 1. The summed E-state index contributed by atoms with van der Waals surface area (Å²) in [5, 5.41) is 0. The molecule has 0 heterocycles. The summed E-state index contributed by atoms with van der Waals surface area (Å²) >= 11 is 0. The standard InChI is InChI=1S/C33H36O2/c1-25(29-21-22-32(34)31-20-12-11-19-30(29)31)23-24-35-33(26-13-5-2-6-14-26,27-15-7-3-8-16-27)28-17-9-4-10-18-28/h2-11,13-19,25,29-31H,12,20-24H2,1H3/t25-,29+,30+,31+/m0/s1. The molecule has 2 nitrogen and oxygen atoms in total. The van der Waals surface area contributed by atoms with Crippen molar-refractivity contribution in [3.05, 3.63) is 120 Å². The van der Waals surface area contributed by atoms with Crippen molar-refractivity contribution in [1.82, 2.24) is 0 Å². The Balaban J connectivity index is 1.42. The van der Waals surface area contributed by atoms with Crippen LogP contribution in [0, 0.1) is 23.7 Å². The Morgan fingerprint density at radius 1 is 0.829 bits per heavy atom. The van der Waals surface area contributed by atoms with Gasteiger partial charge < -0.3 is 4.74 Å². The second-order valence-electron chi connectivity index (χ2n) is 10.3. The van der Waals surface area contributed by atoms with Gasteiger partial charge in [-0.3, -0.25) is 4.79 Å². The summed E-state index contributed by atoms with van der Waals surface area (Å²) < 4.78 is 7.02. The third kappa shape index (κ3) is 4.77. The molecule has 1 saturated carbocycles. The number of hydrogen-bond acceptors (Lipinski definition) is 2. The number of allylic oxidation sites excluding steroid dienone is 2. The van der Waals surface area contributed by atoms with Gasteiger partial charge in [0.25, 0.3) is 0 Å². The maximum atomic E-state index is 12.6. The first-order valence-corrected chi connectivity index (χ1v) is 13.2. The Morgan fingerprint density at radius 3 is 1.91 bits per heavy atom. The Hall–Kier alpha value is -2.97. The van der Waals surface area contributed by atoms with Gasteiger partial charge in [-0.1, -0.05) is 110 Å². The Labute approximate surface area is 210 Å². The molecule has 2 heteroatoms. The monoisotopic (exact) mass is 464 g/mol. The van der Waals surface area contributed by atoms with Crippen LogP contribution in [0.1, 0.15) is 55.7 Å². The lowest BCUT2D eigenvalue weighted by Gasteiger charge is -2.41. The average Bonchev–Trinajstić information content (AvgIpc) is 2.93. The number of rotatable bonds is 8. The van der Waals surface area contributed by atoms with E-state index in [0.717, 1.165) is 48.8 Å². The molecule has 35 heavy (non-hydrogen) atoms. The van der Waals surface area contributed by atoms with E-state index in [9.17, 15) is 4.79 Å². The largest absolute Gasteiger partial charge is 0.361 e. The van der Waals surface area contributed by atoms with Gasteiger partial charge in [-0.05, 0) is 60.1 Å². The highest BCUT2D eigenvalue weighted by atomic mass is 16.5. The first kappa shape index (κ1) is 23.8. The fraction of sp³-hybridized carbons (Fsp3) is 0.364. The minimum Gasteiger partial charge on any atom is -0.361 e. The Morgan fingerprint density at radius 2 is 1.37 bits per heavy atom. The van der Waals surface area contributed by atoms with E-state index in [4.69, 9.17) is 4.74 Å². The summed E-state index contributed by atoms with van der Waals surface area (Å²) in [6, 6.07) is 31.8. The normalized spacial score (nSPS) is 23.0. The third-order valence-electron chi connectivity index (χ3n) is 8.26. The molecule has 3 aromatic rings. The number of carbonyl (C=O) groups is 1. The smallest absolute Gasteiger partial charge is 0.143 e. The summed E-state index contributed by atoms with van der Waals surface area (Å²) in [7, 11) is 0. The van der Waals surface area contributed by atoms with Crippen LogP contribution in [0.2, 0.25) is 0 Å². The lowest BCUT2D eigenvalue weighted by molar-refractivity contribution is -0.128. The first-order valence-electron chi connectivity index (χ1n) is 13.2. The predicted octanol–water partition coefficient (Wildman–Crippen LogP) is 7.58. The van der Waals surface area contributed by atoms with E-state index >= 15 is 0 Å². The van der Waals surface area contributed by atoms with Gasteiger partial charge in [0.05, 0.1) is 0 Å². The molecule has 0 aromatic heterocycles. The van der Waals surface area contributed by atoms with Gasteiger partial charge >= 0.3 is 0 Å². The van der Waals surface area contributed by atoms with E-state index in [1.165, 1.54) is 0 Å². The summed E-state index contributed by atoms with van der Waals surface area (Å²) in [6.45, 7) is 3.02. The number of ether oxygens (including phenoxy) is 1. The maximum Gasteiger partial charge on any atom is 0.143 e. The highest BCUT2D eigenvalue weighted by Gasteiger charge is 2.41. The number of fused-ring (bicyclic) bond motifs is 1. The van der Waals surface area contributed by atoms with Gasteiger partial charge in [-0.25, -0.2) is 0 Å². The molecule has 5 rings (SSSR count). The van der Waals surface area contributed by atoms with E-state index in [0.29, 0.717) is 30.1 Å². The van der Waals surface area contributed by atoms with Crippen molar-refractivity contribution >= 4 is 5.78 Å². The van der Waals surface area contributed by atoms with Gasteiger partial charge in [0.1, 0.15) is 11.4 Å². The van der Waals surface area contributed by atoms with Crippen LogP contribution in [0.4, 0.5) is 0 Å². The fourth-order valence-corrected chi connectivity index (χ4v) is 6.40. The number of benzene rings is 3. The van der Waals surface area contributed by atoms with Crippen molar-refractivity contribution in [2.75, 3.05) is 6.61 Å². The van der Waals surface area contributed by atoms with Crippen molar-refractivity contribution in [2.24, 2.45) is 23.7 Å². The zero-order chi connectivity index (χ0) is 24.1. The van der Waals surface area contributed by atoms with Crippen molar-refractivity contribution in [3.8, 4) is 0 Å². The molecule has 3 aromatic carbocycles. The topological polar surface area (TPSA) is 26.3 Å². The summed E-state index contributed by atoms with van der Waals surface area (Å²) in [5.41, 5.74) is 2.76. The molecule has 0 bridgehead atoms. The molecular formula is C33H36O2. The van der Waals surface area contributed by atoms with E-state index < -0.39 is 5.60 Å². The zero-order valence-corrected chi connectivity index (χ0v) is 20.7. The molecule has 0 amide bonds. The molecule has 4 atom stereocenters. The maximum absolute atomic E-state index is 12.6. The third-order valence-corrected chi connectivity index (χ3v) is 8.26. The van der Waals surface area contributed by atoms with E-state index in [-0.39, 0.29) is 5.92 Å². The molecule has 0 spiro atoms. The summed E-state index contributed by atoms with van der Waals surface area (Å²) in [6.07, 6.45) is 9.43. The summed E-state index contributed by atoms with van der Waals surface area (Å²) in [5.74, 6) is 2.17. The Bertz CT molecular complexity index is 1020. The molecule has 180 valence electrons. The van der Waals surface area contributed by atoms with Crippen LogP contribution in [-0.4, -0.2) is 12.4 Å². The van der Waals surface area contributed by atoms with Crippen molar-refractivity contribution in [3.63, 3.8) is 0 Å². The van der Waals surface area contributed by atoms with Gasteiger partial charge in [0.2, 0.25) is 0 Å². The van der Waals surface area contributed by atoms with Crippen LogP contribution in [0.3, 0.4) is 0 Å². The fourth-order valence-electron chi connectivity index (χ4n) is 6.40. The molecule has 0 radical (unpaired) electrons. The highest BCUT2D eigenvalue weighted by Crippen LogP contribution is 2.44. The zero-order valence-electron chi connectivity index (χ0n) is 20.7. The molecule has 0 aliphatic heterocycles. The molecule has 1 fully saturated rings. The summed E-state index contributed by atoms with van der Waals surface area (Å²) in [4.78, 5) is 12.6. The van der Waals surface area contributed by atoms with Gasteiger partial charge in [0, 0.05) is 18.9 Å². The van der Waals surface area contributed by atoms with Crippen LogP contribution in [-0.2, 0) is 15.1 Å². The van der Waals surface area contributed by atoms with Gasteiger partial charge in [-0.15, -0.1) is 0 Å². The number of ketones is 1. The first-order chi connectivity index (χ1) is 17.2. The molecule has 0 unspecified atom stereocenters. The van der Waals surface area contributed by atoms with Crippen LogP contribution in [0.15, 0.2) is 103 Å². The van der Waals surface area contributed by atoms with E-state index in [1.54, 1.807) is 0 Å². The minimum atomic E-state index is -0.667. The van der Waals surface area contributed by atoms with Crippen molar-refractivity contribution < 1.29 is 9.53 Å². The van der Waals surface area contributed by atoms with Crippen LogP contribution in [0.25, 0.3) is 0 Å². The molecule has 0 saturated heterocycles. The number of hydrogen-bond donors (Lipinski definition) is 0. The number of Topliss-reactive ketones (excluding diaryl/α,β-unsaturated/α-hetero) is 1. The quantitative estimate of drug-likeness (QED) is 0.254. The second kappa shape index (κ2) is 10.7. The highest BCUT2D eigenvalue weighted by molar-refractivity contribution is 5.82. The molecule has 0 N–H and O–H groups in total. The minimum absolute atomic E-state index is 0.235. The molecule has 2 aliphatic carbocycles. The molecule has 2 aliphatic rings. The molecular weight excluding hydrogens is 428 g/mol. The van der Waals surface area contributed by atoms with Crippen LogP contribution >= 0.6 is 0 Å². The van der Waals surface area contributed by atoms with Gasteiger partial charge in [-0.2, -0.15) is 0 Å². The van der Waals surface area contributed by atoms with E-state index in [2.05, 4.69) is 110 Å². The lowest BCUT2D eigenvalue weighted by atomic mass is 9.63. The predicted molar refractivity (Wildman–Crippen MR) is 142 cm³/mol. The van der Waals surface area contributed by atoms with Gasteiger partial charge in [0.15, 0.2) is 0 Å². The van der Waals surface area contributed by atoms with Crippen molar-refractivity contribution in [2.45, 2.75) is 44.6 Å². The van der Waals surface area contributed by atoms with Crippen LogP contribution < -0.4 is 0 Å². The van der Waals surface area contributed by atoms with E-state index in [1.807, 2.05) is 0 Å². The average molecular weight is 465 g/mol. The van der Waals surface area contributed by atoms with Crippen LogP contribution in [0.5, 0.6) is 0 Å².